The summed E-state index contributed by atoms with van der Waals surface area (Å²) in [5.41, 5.74) is -0.680. The van der Waals surface area contributed by atoms with Gasteiger partial charge in [0.2, 0.25) is 5.91 Å². The van der Waals surface area contributed by atoms with Gasteiger partial charge < -0.3 is 5.32 Å². The maximum Gasteiger partial charge on any atom is 0.226 e. The van der Waals surface area contributed by atoms with Crippen molar-refractivity contribution in [3.05, 3.63) is 0 Å². The first-order chi connectivity index (χ1) is 8.37. The largest absolute Gasteiger partial charge is 0.348 e. The standard InChI is InChI=1S/C14H25Cl2NO/c1-11(2)8-14(6-4-5-7-14)12(18)17-13(3,9-15)10-16/h11H,4-10H2,1-3H3,(H,17,18). The summed E-state index contributed by atoms with van der Waals surface area (Å²) < 4.78 is 0. The molecule has 2 nitrogen and oxygen atoms in total. The van der Waals surface area contributed by atoms with E-state index in [1.165, 1.54) is 0 Å². The Hall–Kier alpha value is 0.0500. The molecule has 1 N–H and O–H groups in total. The summed E-state index contributed by atoms with van der Waals surface area (Å²) in [7, 11) is 0. The number of carbonyl (C=O) groups excluding carboxylic acids is 1. The lowest BCUT2D eigenvalue weighted by Gasteiger charge is -2.35. The van der Waals surface area contributed by atoms with Crippen molar-refractivity contribution in [2.24, 2.45) is 11.3 Å². The second-order valence-corrected chi connectivity index (χ2v) is 6.90. The van der Waals surface area contributed by atoms with Crippen LogP contribution in [0.5, 0.6) is 0 Å². The van der Waals surface area contributed by atoms with Gasteiger partial charge >= 0.3 is 0 Å². The Balaban J connectivity index is 2.78. The molecular formula is C14H25Cl2NO. The molecule has 0 bridgehead atoms. The molecule has 0 atom stereocenters. The smallest absolute Gasteiger partial charge is 0.226 e. The molecule has 1 saturated carbocycles. The number of rotatable bonds is 6. The molecule has 0 aromatic carbocycles. The van der Waals surface area contributed by atoms with Crippen LogP contribution in [-0.2, 0) is 4.79 Å². The summed E-state index contributed by atoms with van der Waals surface area (Å²) in [6, 6.07) is 0. The molecule has 0 heterocycles. The van der Waals surface area contributed by atoms with Crippen molar-refractivity contribution >= 4 is 29.1 Å². The van der Waals surface area contributed by atoms with Gasteiger partial charge in [0, 0.05) is 17.2 Å². The lowest BCUT2D eigenvalue weighted by molar-refractivity contribution is -0.133. The van der Waals surface area contributed by atoms with Crippen LogP contribution in [0.25, 0.3) is 0 Å². The van der Waals surface area contributed by atoms with E-state index in [2.05, 4.69) is 19.2 Å². The van der Waals surface area contributed by atoms with E-state index < -0.39 is 5.54 Å². The van der Waals surface area contributed by atoms with Crippen LogP contribution >= 0.6 is 23.2 Å². The van der Waals surface area contributed by atoms with Crippen LogP contribution in [-0.4, -0.2) is 23.2 Å². The summed E-state index contributed by atoms with van der Waals surface area (Å²) in [6.07, 6.45) is 5.26. The molecule has 1 fully saturated rings. The Morgan fingerprint density at radius 2 is 1.78 bits per heavy atom. The van der Waals surface area contributed by atoms with E-state index in [0.29, 0.717) is 17.7 Å². The molecule has 4 heteroatoms. The van der Waals surface area contributed by atoms with Crippen LogP contribution in [0.2, 0.25) is 0 Å². The van der Waals surface area contributed by atoms with Crippen LogP contribution in [0, 0.1) is 11.3 Å². The number of halogens is 2. The molecule has 0 aromatic rings. The molecule has 0 saturated heterocycles. The van der Waals surface area contributed by atoms with Gasteiger partial charge in [-0.25, -0.2) is 0 Å². The Bertz CT molecular complexity index is 282. The summed E-state index contributed by atoms with van der Waals surface area (Å²) in [5, 5.41) is 3.08. The lowest BCUT2D eigenvalue weighted by atomic mass is 9.77. The van der Waals surface area contributed by atoms with Crippen LogP contribution in [0.1, 0.15) is 52.9 Å². The van der Waals surface area contributed by atoms with Crippen LogP contribution < -0.4 is 5.32 Å². The van der Waals surface area contributed by atoms with Gasteiger partial charge in [-0.3, -0.25) is 4.79 Å². The molecule has 0 spiro atoms. The lowest BCUT2D eigenvalue weighted by Crippen LogP contribution is -2.54. The molecule has 0 radical (unpaired) electrons. The van der Waals surface area contributed by atoms with Gasteiger partial charge in [-0.1, -0.05) is 26.7 Å². The molecule has 18 heavy (non-hydrogen) atoms. The molecule has 1 aliphatic rings. The molecule has 1 amide bonds. The zero-order valence-corrected chi connectivity index (χ0v) is 13.2. The number of nitrogens with one attached hydrogen (secondary N) is 1. The molecule has 1 aliphatic carbocycles. The summed E-state index contributed by atoms with van der Waals surface area (Å²) in [5.74, 6) is 1.38. The monoisotopic (exact) mass is 293 g/mol. The average molecular weight is 294 g/mol. The highest BCUT2D eigenvalue weighted by atomic mass is 35.5. The molecular weight excluding hydrogens is 269 g/mol. The highest BCUT2D eigenvalue weighted by Crippen LogP contribution is 2.43. The van der Waals surface area contributed by atoms with Crippen molar-refractivity contribution in [3.63, 3.8) is 0 Å². The minimum atomic E-state index is -0.493. The highest BCUT2D eigenvalue weighted by Gasteiger charge is 2.43. The van der Waals surface area contributed by atoms with Gasteiger partial charge in [0.25, 0.3) is 0 Å². The van der Waals surface area contributed by atoms with E-state index in [9.17, 15) is 4.79 Å². The Labute approximate surface area is 121 Å². The third-order valence-corrected chi connectivity index (χ3v) is 5.03. The van der Waals surface area contributed by atoms with Gasteiger partial charge in [-0.05, 0) is 32.1 Å². The molecule has 0 aliphatic heterocycles. The summed E-state index contributed by atoms with van der Waals surface area (Å²) >= 11 is 11.8. The van der Waals surface area contributed by atoms with Crippen molar-refractivity contribution in [3.8, 4) is 0 Å². The molecule has 0 unspecified atom stereocenters. The topological polar surface area (TPSA) is 29.1 Å². The van der Waals surface area contributed by atoms with Gasteiger partial charge in [-0.2, -0.15) is 0 Å². The van der Waals surface area contributed by atoms with Crippen molar-refractivity contribution in [2.75, 3.05) is 11.8 Å². The Kier molecular flexibility index (Phi) is 5.79. The number of carbonyl (C=O) groups is 1. The van der Waals surface area contributed by atoms with Crippen LogP contribution in [0.15, 0.2) is 0 Å². The van der Waals surface area contributed by atoms with Crippen molar-refractivity contribution < 1.29 is 4.79 Å². The fourth-order valence-corrected chi connectivity index (χ4v) is 3.29. The fraction of sp³-hybridized carbons (Fsp3) is 0.929. The molecule has 1 rings (SSSR count). The van der Waals surface area contributed by atoms with Gasteiger partial charge in [0.15, 0.2) is 0 Å². The second-order valence-electron chi connectivity index (χ2n) is 6.37. The van der Waals surface area contributed by atoms with Gasteiger partial charge in [0.05, 0.1) is 5.54 Å². The maximum absolute atomic E-state index is 12.6. The SMILES string of the molecule is CC(C)CC1(C(=O)NC(C)(CCl)CCl)CCCC1. The van der Waals surface area contributed by atoms with Gasteiger partial charge in [-0.15, -0.1) is 23.2 Å². The van der Waals surface area contributed by atoms with Gasteiger partial charge in [0.1, 0.15) is 0 Å². The third-order valence-electron chi connectivity index (χ3n) is 3.85. The number of alkyl halides is 2. The molecule has 0 aromatic heterocycles. The van der Waals surface area contributed by atoms with E-state index in [1.807, 2.05) is 6.92 Å². The van der Waals surface area contributed by atoms with E-state index >= 15 is 0 Å². The van der Waals surface area contributed by atoms with E-state index in [1.54, 1.807) is 0 Å². The molecule has 106 valence electrons. The summed E-state index contributed by atoms with van der Waals surface area (Å²) in [4.78, 5) is 12.6. The van der Waals surface area contributed by atoms with E-state index in [0.717, 1.165) is 32.1 Å². The zero-order chi connectivity index (χ0) is 13.8. The number of hydrogen-bond donors (Lipinski definition) is 1. The average Bonchev–Trinajstić information content (AvgIpc) is 2.77. The third kappa shape index (κ3) is 3.77. The zero-order valence-electron chi connectivity index (χ0n) is 11.7. The second kappa shape index (κ2) is 6.47. The Morgan fingerprint density at radius 1 is 1.28 bits per heavy atom. The van der Waals surface area contributed by atoms with Crippen molar-refractivity contribution in [1.82, 2.24) is 5.32 Å². The first kappa shape index (κ1) is 16.1. The normalized spacial score (nSPS) is 19.2. The first-order valence-electron chi connectivity index (χ1n) is 6.82. The summed E-state index contributed by atoms with van der Waals surface area (Å²) in [6.45, 7) is 6.26. The van der Waals surface area contributed by atoms with E-state index in [-0.39, 0.29) is 11.3 Å². The fourth-order valence-electron chi connectivity index (χ4n) is 2.87. The number of hydrogen-bond acceptors (Lipinski definition) is 1. The highest BCUT2D eigenvalue weighted by molar-refractivity contribution is 6.22. The first-order valence-corrected chi connectivity index (χ1v) is 7.89. The van der Waals surface area contributed by atoms with Crippen LogP contribution in [0.3, 0.4) is 0 Å². The van der Waals surface area contributed by atoms with Crippen molar-refractivity contribution in [1.29, 1.82) is 0 Å². The predicted octanol–water partition coefficient (Wildman–Crippen LogP) is 3.95. The minimum Gasteiger partial charge on any atom is -0.348 e. The quantitative estimate of drug-likeness (QED) is 0.738. The number of amides is 1. The Morgan fingerprint density at radius 3 is 2.17 bits per heavy atom. The van der Waals surface area contributed by atoms with Crippen LogP contribution in [0.4, 0.5) is 0 Å². The van der Waals surface area contributed by atoms with Crippen molar-refractivity contribution in [2.45, 2.75) is 58.4 Å². The maximum atomic E-state index is 12.6. The minimum absolute atomic E-state index is 0.150. The van der Waals surface area contributed by atoms with E-state index in [4.69, 9.17) is 23.2 Å². The predicted molar refractivity (Wildman–Crippen MR) is 78.3 cm³/mol.